The van der Waals surface area contributed by atoms with Crippen molar-refractivity contribution in [2.45, 2.75) is 51.6 Å². The van der Waals surface area contributed by atoms with Crippen LogP contribution < -0.4 is 10.6 Å². The van der Waals surface area contributed by atoms with Crippen LogP contribution in [0.4, 0.5) is 0 Å². The fourth-order valence-electron chi connectivity index (χ4n) is 3.77. The summed E-state index contributed by atoms with van der Waals surface area (Å²) in [5, 5.41) is 9.09. The fourth-order valence-corrected chi connectivity index (χ4v) is 3.77. The van der Waals surface area contributed by atoms with Crippen molar-refractivity contribution in [2.75, 3.05) is 6.54 Å². The molecule has 1 fully saturated rings. The summed E-state index contributed by atoms with van der Waals surface area (Å²) in [4.78, 5) is 12.3. The highest BCUT2D eigenvalue weighted by molar-refractivity contribution is 5.86. The number of rotatable bonds is 5. The maximum Gasteiger partial charge on any atom is 0.234 e. The molecule has 1 amide bonds. The van der Waals surface area contributed by atoms with Gasteiger partial charge in [0.1, 0.15) is 0 Å². The van der Waals surface area contributed by atoms with E-state index < -0.39 is 0 Å². The van der Waals surface area contributed by atoms with E-state index in [-0.39, 0.29) is 11.9 Å². The van der Waals surface area contributed by atoms with Crippen LogP contribution in [0.15, 0.2) is 42.5 Å². The monoisotopic (exact) mass is 324 g/mol. The second-order valence-electron chi connectivity index (χ2n) is 7.11. The number of amides is 1. The Labute approximate surface area is 144 Å². The zero-order chi connectivity index (χ0) is 16.9. The molecular weight excluding hydrogens is 296 g/mol. The number of benzene rings is 2. The minimum atomic E-state index is 0.112. The second-order valence-corrected chi connectivity index (χ2v) is 7.11. The van der Waals surface area contributed by atoms with E-state index in [1.54, 1.807) is 0 Å². The summed E-state index contributed by atoms with van der Waals surface area (Å²) in [6.45, 7) is 4.74. The standard InChI is InChI=1S/C21H28N2O/c1-15-8-3-6-13-20(15)23-21(24)14-22-16(2)18-12-7-10-17-9-4-5-11-19(17)18/h4-5,7,9-12,15-16,20,22H,3,6,8,13-14H2,1-2H3,(H,23,24)/t15-,16+,20+/m1/s1. The van der Waals surface area contributed by atoms with E-state index in [2.05, 4.69) is 66.9 Å². The molecule has 3 atom stereocenters. The molecule has 0 bridgehead atoms. The Morgan fingerprint density at radius 3 is 2.71 bits per heavy atom. The lowest BCUT2D eigenvalue weighted by molar-refractivity contribution is -0.121. The minimum Gasteiger partial charge on any atom is -0.352 e. The maximum absolute atomic E-state index is 12.3. The van der Waals surface area contributed by atoms with Gasteiger partial charge in [0.25, 0.3) is 0 Å². The first-order valence-electron chi connectivity index (χ1n) is 9.15. The predicted octanol–water partition coefficient (Wildman–Crippen LogP) is 4.19. The number of carbonyl (C=O) groups is 1. The van der Waals surface area contributed by atoms with Crippen LogP contribution in [0, 0.1) is 5.92 Å². The van der Waals surface area contributed by atoms with Crippen LogP contribution in [0.25, 0.3) is 10.8 Å². The van der Waals surface area contributed by atoms with Crippen LogP contribution >= 0.6 is 0 Å². The van der Waals surface area contributed by atoms with Crippen LogP contribution in [0.1, 0.15) is 51.1 Å². The van der Waals surface area contributed by atoms with Crippen molar-refractivity contribution < 1.29 is 4.79 Å². The molecule has 1 saturated carbocycles. The Morgan fingerprint density at radius 1 is 1.12 bits per heavy atom. The van der Waals surface area contributed by atoms with Crippen molar-refractivity contribution in [3.63, 3.8) is 0 Å². The predicted molar refractivity (Wildman–Crippen MR) is 99.9 cm³/mol. The normalized spacial score (nSPS) is 22.2. The molecule has 1 aliphatic rings. The molecule has 0 aromatic heterocycles. The Kier molecular flexibility index (Phi) is 5.52. The van der Waals surface area contributed by atoms with Crippen LogP contribution in [-0.4, -0.2) is 18.5 Å². The van der Waals surface area contributed by atoms with E-state index >= 15 is 0 Å². The SMILES string of the molecule is C[C@H](NCC(=O)N[C@H]1CCCC[C@H]1C)c1cccc2ccccc12. The van der Waals surface area contributed by atoms with Gasteiger partial charge in [-0.2, -0.15) is 0 Å². The fraction of sp³-hybridized carbons (Fsp3) is 0.476. The quantitative estimate of drug-likeness (QED) is 0.866. The summed E-state index contributed by atoms with van der Waals surface area (Å²) in [6, 6.07) is 15.2. The zero-order valence-electron chi connectivity index (χ0n) is 14.7. The Balaban J connectivity index is 1.58. The smallest absolute Gasteiger partial charge is 0.234 e. The molecule has 0 saturated heterocycles. The molecule has 3 heteroatoms. The van der Waals surface area contributed by atoms with Gasteiger partial charge in [-0.25, -0.2) is 0 Å². The third kappa shape index (κ3) is 3.96. The van der Waals surface area contributed by atoms with E-state index in [1.165, 1.54) is 35.6 Å². The van der Waals surface area contributed by atoms with Crippen molar-refractivity contribution in [1.29, 1.82) is 0 Å². The van der Waals surface area contributed by atoms with Crippen LogP contribution in [0.2, 0.25) is 0 Å². The molecule has 2 aromatic carbocycles. The zero-order valence-corrected chi connectivity index (χ0v) is 14.7. The third-order valence-electron chi connectivity index (χ3n) is 5.32. The van der Waals surface area contributed by atoms with Crippen molar-refractivity contribution in [1.82, 2.24) is 10.6 Å². The number of fused-ring (bicyclic) bond motifs is 1. The molecule has 2 aromatic rings. The second kappa shape index (κ2) is 7.80. The summed E-state index contributed by atoms with van der Waals surface area (Å²) in [5.41, 5.74) is 1.24. The molecule has 0 aliphatic heterocycles. The largest absolute Gasteiger partial charge is 0.352 e. The Hall–Kier alpha value is -1.87. The third-order valence-corrected chi connectivity index (χ3v) is 5.32. The lowest BCUT2D eigenvalue weighted by Crippen LogP contribution is -2.45. The lowest BCUT2D eigenvalue weighted by atomic mass is 9.86. The molecule has 2 N–H and O–H groups in total. The highest BCUT2D eigenvalue weighted by atomic mass is 16.2. The van der Waals surface area contributed by atoms with Gasteiger partial charge in [0.15, 0.2) is 0 Å². The minimum absolute atomic E-state index is 0.112. The van der Waals surface area contributed by atoms with Crippen molar-refractivity contribution in [2.24, 2.45) is 5.92 Å². The number of hydrogen-bond donors (Lipinski definition) is 2. The lowest BCUT2D eigenvalue weighted by Gasteiger charge is -2.29. The molecule has 0 heterocycles. The molecule has 3 rings (SSSR count). The molecule has 0 unspecified atom stereocenters. The van der Waals surface area contributed by atoms with E-state index in [0.717, 1.165) is 6.42 Å². The highest BCUT2D eigenvalue weighted by Gasteiger charge is 2.22. The first-order chi connectivity index (χ1) is 11.6. The van der Waals surface area contributed by atoms with E-state index in [0.29, 0.717) is 18.5 Å². The van der Waals surface area contributed by atoms with Gasteiger partial charge in [-0.1, -0.05) is 62.2 Å². The van der Waals surface area contributed by atoms with E-state index in [4.69, 9.17) is 0 Å². The molecular formula is C21H28N2O. The Bertz CT molecular complexity index is 692. The number of nitrogens with one attached hydrogen (secondary N) is 2. The molecule has 128 valence electrons. The average molecular weight is 324 g/mol. The van der Waals surface area contributed by atoms with Crippen molar-refractivity contribution in [3.05, 3.63) is 48.0 Å². The number of carbonyl (C=O) groups excluding carboxylic acids is 1. The van der Waals surface area contributed by atoms with Gasteiger partial charge >= 0.3 is 0 Å². The van der Waals surface area contributed by atoms with Crippen LogP contribution in [-0.2, 0) is 4.79 Å². The molecule has 0 spiro atoms. The van der Waals surface area contributed by atoms with Gasteiger partial charge in [-0.05, 0) is 42.0 Å². The first-order valence-corrected chi connectivity index (χ1v) is 9.15. The van der Waals surface area contributed by atoms with Gasteiger partial charge in [0, 0.05) is 12.1 Å². The summed E-state index contributed by atoms with van der Waals surface area (Å²) in [6.07, 6.45) is 4.87. The molecule has 3 nitrogen and oxygen atoms in total. The van der Waals surface area contributed by atoms with Crippen LogP contribution in [0.5, 0.6) is 0 Å². The van der Waals surface area contributed by atoms with Gasteiger partial charge in [0.2, 0.25) is 5.91 Å². The number of hydrogen-bond acceptors (Lipinski definition) is 2. The van der Waals surface area contributed by atoms with Crippen LogP contribution in [0.3, 0.4) is 0 Å². The summed E-state index contributed by atoms with van der Waals surface area (Å²) in [5.74, 6) is 0.707. The van der Waals surface area contributed by atoms with E-state index in [9.17, 15) is 4.79 Å². The van der Waals surface area contributed by atoms with E-state index in [1.807, 2.05) is 0 Å². The average Bonchev–Trinajstić information content (AvgIpc) is 2.61. The topological polar surface area (TPSA) is 41.1 Å². The highest BCUT2D eigenvalue weighted by Crippen LogP contribution is 2.25. The Morgan fingerprint density at radius 2 is 1.88 bits per heavy atom. The van der Waals surface area contributed by atoms with Gasteiger partial charge in [-0.3, -0.25) is 4.79 Å². The van der Waals surface area contributed by atoms with Crippen molar-refractivity contribution >= 4 is 16.7 Å². The molecule has 24 heavy (non-hydrogen) atoms. The molecule has 0 radical (unpaired) electrons. The van der Waals surface area contributed by atoms with Gasteiger partial charge in [-0.15, -0.1) is 0 Å². The van der Waals surface area contributed by atoms with Crippen molar-refractivity contribution in [3.8, 4) is 0 Å². The molecule has 1 aliphatic carbocycles. The summed E-state index contributed by atoms with van der Waals surface area (Å²) in [7, 11) is 0. The van der Waals surface area contributed by atoms with Gasteiger partial charge in [0.05, 0.1) is 6.54 Å². The maximum atomic E-state index is 12.3. The van der Waals surface area contributed by atoms with Gasteiger partial charge < -0.3 is 10.6 Å². The summed E-state index contributed by atoms with van der Waals surface area (Å²) < 4.78 is 0. The summed E-state index contributed by atoms with van der Waals surface area (Å²) >= 11 is 0. The first kappa shape index (κ1) is 17.0.